The largest absolute Gasteiger partial charge is 0.493 e. The number of anilines is 1. The summed E-state index contributed by atoms with van der Waals surface area (Å²) in [6.45, 7) is 4.94. The van der Waals surface area contributed by atoms with E-state index >= 15 is 0 Å². The molecular formula is C16H20N8O2. The summed E-state index contributed by atoms with van der Waals surface area (Å²) in [4.78, 5) is 29.8. The van der Waals surface area contributed by atoms with E-state index in [9.17, 15) is 9.90 Å². The molecular weight excluding hydrogens is 336 g/mol. The summed E-state index contributed by atoms with van der Waals surface area (Å²) in [7, 11) is 0. The third-order valence-electron chi connectivity index (χ3n) is 3.93. The van der Waals surface area contributed by atoms with E-state index in [2.05, 4.69) is 49.2 Å². The summed E-state index contributed by atoms with van der Waals surface area (Å²) in [5.41, 5.74) is 0.826. The van der Waals surface area contributed by atoms with E-state index in [0.717, 1.165) is 19.4 Å². The van der Waals surface area contributed by atoms with Crippen LogP contribution in [0.5, 0.6) is 5.88 Å². The third-order valence-corrected chi connectivity index (χ3v) is 3.93. The van der Waals surface area contributed by atoms with Gasteiger partial charge in [-0.25, -0.2) is 9.79 Å². The molecule has 136 valence electrons. The first-order chi connectivity index (χ1) is 12.5. The molecule has 10 nitrogen and oxygen atoms in total. The predicted molar refractivity (Wildman–Crippen MR) is 94.6 cm³/mol. The van der Waals surface area contributed by atoms with Gasteiger partial charge in [-0.15, -0.1) is 0 Å². The Hall–Kier alpha value is -3.17. The number of nitrogens with zero attached hydrogens (tertiary/aromatic N) is 5. The highest BCUT2D eigenvalue weighted by atomic mass is 16.3. The number of aromatic hydroxyl groups is 1. The number of rotatable bonds is 5. The normalized spacial score (nSPS) is 16.1. The highest BCUT2D eigenvalue weighted by Crippen LogP contribution is 2.22. The molecule has 1 aliphatic rings. The Morgan fingerprint density at radius 3 is 2.88 bits per heavy atom. The molecule has 10 heteroatoms. The van der Waals surface area contributed by atoms with Crippen molar-refractivity contribution < 1.29 is 5.11 Å². The lowest BCUT2D eigenvalue weighted by atomic mass is 10.2. The molecule has 1 saturated carbocycles. The van der Waals surface area contributed by atoms with E-state index in [0.29, 0.717) is 28.4 Å². The minimum atomic E-state index is -0.483. The quantitative estimate of drug-likeness (QED) is 0.488. The average molecular weight is 356 g/mol. The Morgan fingerprint density at radius 1 is 1.42 bits per heavy atom. The summed E-state index contributed by atoms with van der Waals surface area (Å²) in [6.07, 6.45) is 5.32. The standard InChI is InChI=1S/C16H20N8O2/c1-8(2)6-17-14-21-12-9(5-11-13(25)22-16(26)20-11)7-18-24(12)15(23-14)19-10-3-4-10/h5,7-8,10,25H,3-4,6H2,1-2H3,(H,17,19,23)(H2,20,22,26)/b9-5+. The van der Waals surface area contributed by atoms with Crippen molar-refractivity contribution in [3.05, 3.63) is 33.2 Å². The van der Waals surface area contributed by atoms with Crippen LogP contribution in [0, 0.1) is 5.92 Å². The van der Waals surface area contributed by atoms with Crippen LogP contribution < -0.4 is 21.8 Å². The molecule has 0 spiro atoms. The maximum Gasteiger partial charge on any atom is 0.326 e. The second-order valence-electron chi connectivity index (χ2n) is 6.80. The summed E-state index contributed by atoms with van der Waals surface area (Å²) < 4.78 is 1.58. The van der Waals surface area contributed by atoms with E-state index in [-0.39, 0.29) is 17.6 Å². The molecule has 0 radical (unpaired) electrons. The second kappa shape index (κ2) is 6.28. The van der Waals surface area contributed by atoms with Gasteiger partial charge in [0.1, 0.15) is 5.69 Å². The zero-order chi connectivity index (χ0) is 18.3. The first-order valence-corrected chi connectivity index (χ1v) is 8.56. The van der Waals surface area contributed by atoms with Crippen LogP contribution in [0.4, 0.5) is 5.95 Å². The van der Waals surface area contributed by atoms with Crippen molar-refractivity contribution >= 4 is 17.7 Å². The lowest BCUT2D eigenvalue weighted by molar-refractivity contribution is 0.454. The maximum absolute atomic E-state index is 11.3. The van der Waals surface area contributed by atoms with Gasteiger partial charge in [0, 0.05) is 11.8 Å². The Morgan fingerprint density at radius 2 is 2.23 bits per heavy atom. The second-order valence-corrected chi connectivity index (χ2v) is 6.80. The van der Waals surface area contributed by atoms with Gasteiger partial charge in [0.05, 0.1) is 12.2 Å². The molecule has 0 unspecified atom stereocenters. The number of hydrogen-bond acceptors (Lipinski definition) is 7. The van der Waals surface area contributed by atoms with E-state index in [1.165, 1.54) is 0 Å². The molecule has 1 fully saturated rings. The van der Waals surface area contributed by atoms with Crippen LogP contribution in [0.25, 0.3) is 11.7 Å². The molecule has 0 atom stereocenters. The van der Waals surface area contributed by atoms with E-state index in [1.807, 2.05) is 0 Å². The molecule has 0 bridgehead atoms. The van der Waals surface area contributed by atoms with Gasteiger partial charge in [-0.3, -0.25) is 4.98 Å². The lowest BCUT2D eigenvalue weighted by Crippen LogP contribution is -2.25. The monoisotopic (exact) mass is 356 g/mol. The Kier molecular flexibility index (Phi) is 3.94. The number of aromatic nitrogens is 6. The molecule has 0 amide bonds. The fraction of sp³-hybridized carbons (Fsp3) is 0.438. The van der Waals surface area contributed by atoms with E-state index < -0.39 is 5.69 Å². The number of fused-ring (bicyclic) bond motifs is 1. The van der Waals surface area contributed by atoms with Crippen LogP contribution in [0.15, 0.2) is 16.0 Å². The fourth-order valence-corrected chi connectivity index (χ4v) is 2.45. The maximum atomic E-state index is 11.3. The molecule has 3 aromatic rings. The molecule has 4 rings (SSSR count). The zero-order valence-corrected chi connectivity index (χ0v) is 14.5. The number of H-pyrrole nitrogens is 2. The molecule has 1 aliphatic carbocycles. The SMILES string of the molecule is CC(C)CNc1nc(=NC2CC2)n2nc/c(=C\c3[nH]c(=O)[nH]c3O)c2n1. The van der Waals surface area contributed by atoms with E-state index in [1.54, 1.807) is 16.8 Å². The van der Waals surface area contributed by atoms with Crippen molar-refractivity contribution in [3.8, 4) is 5.88 Å². The average Bonchev–Trinajstić information content (AvgIpc) is 3.22. The van der Waals surface area contributed by atoms with E-state index in [4.69, 9.17) is 0 Å². The van der Waals surface area contributed by atoms with Crippen molar-refractivity contribution in [1.29, 1.82) is 0 Å². The smallest absolute Gasteiger partial charge is 0.326 e. The summed E-state index contributed by atoms with van der Waals surface area (Å²) >= 11 is 0. The van der Waals surface area contributed by atoms with Crippen molar-refractivity contribution in [2.45, 2.75) is 32.7 Å². The Labute approximate surface area is 147 Å². The number of hydrogen-bond donors (Lipinski definition) is 4. The van der Waals surface area contributed by atoms with Crippen LogP contribution in [0.3, 0.4) is 0 Å². The van der Waals surface area contributed by atoms with Crippen LogP contribution in [0.2, 0.25) is 0 Å². The number of imidazole rings is 1. The van der Waals surface area contributed by atoms with Crippen molar-refractivity contribution in [2.75, 3.05) is 11.9 Å². The first-order valence-electron chi connectivity index (χ1n) is 8.56. The minimum Gasteiger partial charge on any atom is -0.493 e. The van der Waals surface area contributed by atoms with Crippen LogP contribution >= 0.6 is 0 Å². The molecule has 0 aliphatic heterocycles. The predicted octanol–water partition coefficient (Wildman–Crippen LogP) is -0.475. The molecule has 0 aromatic carbocycles. The topological polar surface area (TPSA) is 136 Å². The summed E-state index contributed by atoms with van der Waals surface area (Å²) in [5, 5.41) is 18.0. The minimum absolute atomic E-state index is 0.232. The highest BCUT2D eigenvalue weighted by molar-refractivity contribution is 5.57. The number of aromatic amines is 2. The van der Waals surface area contributed by atoms with Crippen molar-refractivity contribution in [3.63, 3.8) is 0 Å². The first kappa shape index (κ1) is 16.3. The lowest BCUT2D eigenvalue weighted by Gasteiger charge is -2.07. The van der Waals surface area contributed by atoms with Crippen LogP contribution in [-0.2, 0) is 0 Å². The molecule has 26 heavy (non-hydrogen) atoms. The fourth-order valence-electron chi connectivity index (χ4n) is 2.45. The molecule has 0 saturated heterocycles. The van der Waals surface area contributed by atoms with Crippen LogP contribution in [-0.4, -0.2) is 47.2 Å². The van der Waals surface area contributed by atoms with Gasteiger partial charge in [0.2, 0.25) is 11.8 Å². The van der Waals surface area contributed by atoms with Crippen molar-refractivity contribution in [1.82, 2.24) is 29.5 Å². The summed E-state index contributed by atoms with van der Waals surface area (Å²) in [5.74, 6) is 0.688. The summed E-state index contributed by atoms with van der Waals surface area (Å²) in [6, 6.07) is 0.285. The van der Waals surface area contributed by atoms with Gasteiger partial charge in [-0.1, -0.05) is 13.8 Å². The van der Waals surface area contributed by atoms with Gasteiger partial charge < -0.3 is 15.4 Å². The molecule has 3 heterocycles. The van der Waals surface area contributed by atoms with Crippen LogP contribution in [0.1, 0.15) is 32.4 Å². The highest BCUT2D eigenvalue weighted by Gasteiger charge is 2.21. The van der Waals surface area contributed by atoms with Gasteiger partial charge in [-0.05, 0) is 24.8 Å². The zero-order valence-electron chi connectivity index (χ0n) is 14.5. The van der Waals surface area contributed by atoms with Gasteiger partial charge in [0.25, 0.3) is 5.62 Å². The Bertz CT molecular complexity index is 1120. The van der Waals surface area contributed by atoms with Gasteiger partial charge >= 0.3 is 5.69 Å². The number of nitrogens with one attached hydrogen (secondary N) is 3. The van der Waals surface area contributed by atoms with Gasteiger partial charge in [-0.2, -0.15) is 19.6 Å². The van der Waals surface area contributed by atoms with Crippen molar-refractivity contribution in [2.24, 2.45) is 10.9 Å². The molecule has 3 aromatic heterocycles. The third kappa shape index (κ3) is 3.30. The van der Waals surface area contributed by atoms with Gasteiger partial charge in [0.15, 0.2) is 5.65 Å². The molecule has 4 N–H and O–H groups in total. The Balaban J connectivity index is 1.88.